The highest BCUT2D eigenvalue weighted by Gasteiger charge is 2.13. The normalized spacial score (nSPS) is 11.2. The highest BCUT2D eigenvalue weighted by atomic mass is 16.5. The molecule has 6 nitrogen and oxygen atoms in total. The van der Waals surface area contributed by atoms with Crippen LogP contribution in [0.25, 0.3) is 0 Å². The SMILES string of the molecule is CC(C)(C)c1ccc(OCC(=O)N/N=C\c2ccc(OC(=O)c3ccccc3)cc2)cc1. The van der Waals surface area contributed by atoms with Crippen LogP contribution in [0.3, 0.4) is 0 Å². The van der Waals surface area contributed by atoms with Gasteiger partial charge in [0.05, 0.1) is 11.8 Å². The van der Waals surface area contributed by atoms with E-state index in [0.29, 0.717) is 17.1 Å². The molecule has 0 spiro atoms. The van der Waals surface area contributed by atoms with Gasteiger partial charge in [-0.2, -0.15) is 5.10 Å². The number of hydrazone groups is 1. The summed E-state index contributed by atoms with van der Waals surface area (Å²) < 4.78 is 10.8. The second-order valence-corrected chi connectivity index (χ2v) is 8.18. The summed E-state index contributed by atoms with van der Waals surface area (Å²) >= 11 is 0. The first-order valence-electron chi connectivity index (χ1n) is 10.2. The standard InChI is InChI=1S/C26H26N2O4/c1-26(2,3)21-11-15-22(16-12-21)31-18-24(29)28-27-17-19-9-13-23(14-10-19)32-25(30)20-7-5-4-6-8-20/h4-17H,18H2,1-3H3,(H,28,29)/b27-17-. The van der Waals surface area contributed by atoms with E-state index in [-0.39, 0.29) is 17.9 Å². The Morgan fingerprint density at radius 1 is 0.875 bits per heavy atom. The van der Waals surface area contributed by atoms with E-state index < -0.39 is 5.97 Å². The molecule has 0 fully saturated rings. The van der Waals surface area contributed by atoms with Crippen LogP contribution in [0.5, 0.6) is 11.5 Å². The van der Waals surface area contributed by atoms with E-state index in [0.717, 1.165) is 5.56 Å². The maximum absolute atomic E-state index is 12.1. The van der Waals surface area contributed by atoms with Crippen LogP contribution in [0.1, 0.15) is 42.3 Å². The van der Waals surface area contributed by atoms with Gasteiger partial charge in [-0.15, -0.1) is 0 Å². The molecule has 0 aliphatic heterocycles. The smallest absolute Gasteiger partial charge is 0.343 e. The van der Waals surface area contributed by atoms with Crippen molar-refractivity contribution in [1.82, 2.24) is 5.43 Å². The minimum atomic E-state index is -0.424. The number of ether oxygens (including phenoxy) is 2. The Labute approximate surface area is 187 Å². The largest absolute Gasteiger partial charge is 0.484 e. The Hall–Kier alpha value is -3.93. The first-order chi connectivity index (χ1) is 15.3. The molecule has 0 atom stereocenters. The molecule has 3 aromatic carbocycles. The fourth-order valence-electron chi connectivity index (χ4n) is 2.77. The van der Waals surface area contributed by atoms with Crippen LogP contribution in [0.15, 0.2) is 84.0 Å². The van der Waals surface area contributed by atoms with Crippen LogP contribution in [0.4, 0.5) is 0 Å². The van der Waals surface area contributed by atoms with Gasteiger partial charge in [-0.1, -0.05) is 51.1 Å². The molecule has 6 heteroatoms. The van der Waals surface area contributed by atoms with E-state index in [9.17, 15) is 9.59 Å². The van der Waals surface area contributed by atoms with Crippen LogP contribution >= 0.6 is 0 Å². The third-order valence-electron chi connectivity index (χ3n) is 4.59. The highest BCUT2D eigenvalue weighted by molar-refractivity contribution is 5.91. The summed E-state index contributed by atoms with van der Waals surface area (Å²) in [6.45, 7) is 6.28. The van der Waals surface area contributed by atoms with Gasteiger partial charge in [-0.25, -0.2) is 10.2 Å². The van der Waals surface area contributed by atoms with Crippen molar-refractivity contribution in [2.45, 2.75) is 26.2 Å². The first-order valence-corrected chi connectivity index (χ1v) is 10.2. The maximum Gasteiger partial charge on any atom is 0.343 e. The molecular weight excluding hydrogens is 404 g/mol. The van der Waals surface area contributed by atoms with Crippen molar-refractivity contribution in [3.63, 3.8) is 0 Å². The summed E-state index contributed by atoms with van der Waals surface area (Å²) in [5, 5.41) is 3.93. The van der Waals surface area contributed by atoms with Crippen molar-refractivity contribution in [3.8, 4) is 11.5 Å². The number of hydrogen-bond donors (Lipinski definition) is 1. The van der Waals surface area contributed by atoms with Gasteiger partial charge in [0.2, 0.25) is 0 Å². The van der Waals surface area contributed by atoms with E-state index in [4.69, 9.17) is 9.47 Å². The second kappa shape index (κ2) is 10.4. The Bertz CT molecular complexity index is 1070. The van der Waals surface area contributed by atoms with E-state index in [1.165, 1.54) is 11.8 Å². The molecule has 0 bridgehead atoms. The molecule has 3 rings (SSSR count). The number of carbonyl (C=O) groups excluding carboxylic acids is 2. The molecule has 0 saturated carbocycles. The topological polar surface area (TPSA) is 77.0 Å². The molecule has 0 aromatic heterocycles. The minimum absolute atomic E-state index is 0.0619. The molecule has 0 radical (unpaired) electrons. The molecule has 1 amide bonds. The lowest BCUT2D eigenvalue weighted by Gasteiger charge is -2.19. The van der Waals surface area contributed by atoms with Gasteiger partial charge in [-0.05, 0) is 65.1 Å². The van der Waals surface area contributed by atoms with Gasteiger partial charge in [0.15, 0.2) is 6.61 Å². The molecule has 0 aliphatic rings. The zero-order valence-corrected chi connectivity index (χ0v) is 18.4. The third-order valence-corrected chi connectivity index (χ3v) is 4.59. The molecule has 0 aliphatic carbocycles. The van der Waals surface area contributed by atoms with Gasteiger partial charge in [-0.3, -0.25) is 4.79 Å². The highest BCUT2D eigenvalue weighted by Crippen LogP contribution is 2.24. The van der Waals surface area contributed by atoms with Crippen molar-refractivity contribution >= 4 is 18.1 Å². The molecule has 1 N–H and O–H groups in total. The molecule has 3 aromatic rings. The summed E-state index contributed by atoms with van der Waals surface area (Å²) in [5.74, 6) is 0.255. The lowest BCUT2D eigenvalue weighted by molar-refractivity contribution is -0.123. The summed E-state index contributed by atoms with van der Waals surface area (Å²) in [4.78, 5) is 24.0. The Morgan fingerprint density at radius 2 is 1.50 bits per heavy atom. The lowest BCUT2D eigenvalue weighted by Crippen LogP contribution is -2.24. The molecule has 0 saturated heterocycles. The molecule has 32 heavy (non-hydrogen) atoms. The summed E-state index contributed by atoms with van der Waals surface area (Å²) in [6.07, 6.45) is 1.50. The van der Waals surface area contributed by atoms with Gasteiger partial charge in [0.1, 0.15) is 11.5 Å². The molecule has 164 valence electrons. The number of amides is 1. The first kappa shape index (κ1) is 22.7. The van der Waals surface area contributed by atoms with Gasteiger partial charge in [0.25, 0.3) is 5.91 Å². The van der Waals surface area contributed by atoms with Crippen molar-refractivity contribution < 1.29 is 19.1 Å². The average molecular weight is 431 g/mol. The average Bonchev–Trinajstić information content (AvgIpc) is 2.79. The van der Waals surface area contributed by atoms with Crippen molar-refractivity contribution in [2.24, 2.45) is 5.10 Å². The number of rotatable bonds is 7. The molecule has 0 heterocycles. The summed E-state index contributed by atoms with van der Waals surface area (Å²) in [6, 6.07) is 23.2. The van der Waals surface area contributed by atoms with E-state index in [2.05, 4.69) is 31.3 Å². The predicted molar refractivity (Wildman–Crippen MR) is 124 cm³/mol. The molecular formula is C26H26N2O4. The minimum Gasteiger partial charge on any atom is -0.484 e. The van der Waals surface area contributed by atoms with Gasteiger partial charge in [0, 0.05) is 0 Å². The van der Waals surface area contributed by atoms with Crippen molar-refractivity contribution in [2.75, 3.05) is 6.61 Å². The number of hydrogen-bond acceptors (Lipinski definition) is 5. The fraction of sp³-hybridized carbons (Fsp3) is 0.192. The van der Waals surface area contributed by atoms with Crippen LogP contribution in [0, 0.1) is 0 Å². The van der Waals surface area contributed by atoms with Crippen LogP contribution < -0.4 is 14.9 Å². The maximum atomic E-state index is 12.1. The number of carbonyl (C=O) groups is 2. The predicted octanol–water partition coefficient (Wildman–Crippen LogP) is 4.73. The zero-order valence-electron chi connectivity index (χ0n) is 18.4. The van der Waals surface area contributed by atoms with E-state index in [1.807, 2.05) is 30.3 Å². The quantitative estimate of drug-likeness (QED) is 0.254. The zero-order chi connectivity index (χ0) is 23.0. The Morgan fingerprint density at radius 3 is 2.12 bits per heavy atom. The monoisotopic (exact) mass is 430 g/mol. The molecule has 0 unspecified atom stereocenters. The van der Waals surface area contributed by atoms with Gasteiger partial charge >= 0.3 is 5.97 Å². The Kier molecular flexibility index (Phi) is 7.39. The number of benzene rings is 3. The number of esters is 1. The van der Waals surface area contributed by atoms with E-state index in [1.54, 1.807) is 48.5 Å². The van der Waals surface area contributed by atoms with E-state index >= 15 is 0 Å². The van der Waals surface area contributed by atoms with Crippen LogP contribution in [-0.4, -0.2) is 24.7 Å². The summed E-state index contributed by atoms with van der Waals surface area (Å²) in [5.41, 5.74) is 4.90. The van der Waals surface area contributed by atoms with Crippen molar-refractivity contribution in [3.05, 3.63) is 95.6 Å². The Balaban J connectivity index is 1.44. The van der Waals surface area contributed by atoms with Crippen LogP contribution in [-0.2, 0) is 10.2 Å². The van der Waals surface area contributed by atoms with Crippen LogP contribution in [0.2, 0.25) is 0 Å². The second-order valence-electron chi connectivity index (χ2n) is 8.18. The summed E-state index contributed by atoms with van der Waals surface area (Å²) in [7, 11) is 0. The van der Waals surface area contributed by atoms with Gasteiger partial charge < -0.3 is 9.47 Å². The third kappa shape index (κ3) is 6.80. The number of nitrogens with one attached hydrogen (secondary N) is 1. The number of nitrogens with zero attached hydrogens (tertiary/aromatic N) is 1. The lowest BCUT2D eigenvalue weighted by atomic mass is 9.87. The van der Waals surface area contributed by atoms with Crippen molar-refractivity contribution in [1.29, 1.82) is 0 Å². The fourth-order valence-corrected chi connectivity index (χ4v) is 2.77.